The van der Waals surface area contributed by atoms with E-state index in [0.29, 0.717) is 0 Å². The summed E-state index contributed by atoms with van der Waals surface area (Å²) in [5.74, 6) is 0. The molecule has 0 spiro atoms. The van der Waals surface area contributed by atoms with Crippen LogP contribution < -0.4 is 29.4 Å². The smallest absolute Gasteiger partial charge is 0.0487 e. The molecule has 0 amide bonds. The Morgan fingerprint density at radius 3 is 0.619 bits per heavy atom. The molecule has 0 fully saturated rings. The topological polar surface area (TPSA) is 19.4 Å². The summed E-state index contributed by atoms with van der Waals surface area (Å²) in [5, 5.41) is 19.8. The van der Waals surface area contributed by atoms with Crippen LogP contribution in [0, 0.1) is 0 Å². The van der Waals surface area contributed by atoms with E-state index in [1.54, 1.807) is 0 Å². The zero-order chi connectivity index (χ0) is 76.0. The quantitative estimate of drug-likeness (QED) is 0.101. The summed E-state index contributed by atoms with van der Waals surface area (Å²) in [4.78, 5) is 13.7. The molecule has 0 saturated heterocycles. The van der Waals surface area contributed by atoms with Crippen LogP contribution in [0.15, 0.2) is 443 Å². The van der Waals surface area contributed by atoms with Crippen molar-refractivity contribution in [2.24, 2.45) is 0 Å². The fraction of sp³-hybridized carbons (Fsp3) is 0.0280. The van der Waals surface area contributed by atoms with Gasteiger partial charge in [0.2, 0.25) is 0 Å². The van der Waals surface area contributed by atoms with Gasteiger partial charge in [-0.3, -0.25) is 0 Å². The third kappa shape index (κ3) is 14.8. The molecule has 0 aromatic heterocycles. The lowest BCUT2D eigenvalue weighted by Crippen LogP contribution is -2.12. The highest BCUT2D eigenvalue weighted by Crippen LogP contribution is 2.44. The number of fused-ring (bicyclic) bond motifs is 8. The molecular weight excluding hydrogens is 1370 g/mol. The van der Waals surface area contributed by atoms with E-state index >= 15 is 0 Å². The van der Waals surface area contributed by atoms with Crippen LogP contribution in [0.25, 0.3) is 86.2 Å². The van der Waals surface area contributed by atoms with Gasteiger partial charge >= 0.3 is 0 Å². The predicted octanol–water partition coefficient (Wildman–Crippen LogP) is 30.0. The highest BCUT2D eigenvalue weighted by molar-refractivity contribution is 5.99. The molecule has 20 rings (SSSR count). The number of hydrogen-bond acceptors (Lipinski definition) is 6. The Bertz CT molecular complexity index is 6530. The van der Waals surface area contributed by atoms with Crippen LogP contribution in [0.3, 0.4) is 0 Å². The Morgan fingerprint density at radius 1 is 0.124 bits per heavy atom. The van der Waals surface area contributed by atoms with Crippen molar-refractivity contribution in [2.45, 2.75) is 0 Å². The van der Waals surface area contributed by atoms with E-state index in [2.05, 4.69) is 487 Å². The maximum Gasteiger partial charge on any atom is 0.0487 e. The van der Waals surface area contributed by atoms with Gasteiger partial charge in [0.05, 0.1) is 0 Å². The standard InChI is InChI=1S/2C37H28N2.C33H26N2/c1-38(35-17-14-27-8-2-5-11-30(27)24-35)33-20-22-34(23-21-33)39(36-18-15-28-9-3-6-12-31(28)25-36)37-19-16-29-10-4-7-13-32(29)26-37;1-38(37-16-8-14-29-11-6-7-15-36(29)37)32-21-23-33(24-22-32)39(34-19-17-27-9-2-4-12-30(27)25-34)35-20-18-28-10-3-5-13-31(28)26-35;1-34(29-13-3-2-4-14-29)30-19-21-31(22-20-30)35(32-17-15-25-9-5-7-11-27(25)23-32)33-18-16-26-10-6-8-12-28(26)24-33/h2*2-26H,1H3;2-24H,1H3. The molecule has 0 bridgehead atoms. The van der Waals surface area contributed by atoms with Crippen LogP contribution in [0.1, 0.15) is 0 Å². The Balaban J connectivity index is 0.000000118. The minimum absolute atomic E-state index is 1.12. The van der Waals surface area contributed by atoms with Crippen molar-refractivity contribution in [3.8, 4) is 0 Å². The third-order valence-electron chi connectivity index (χ3n) is 21.8. The van der Waals surface area contributed by atoms with Crippen LogP contribution in [0.4, 0.5) is 85.3 Å². The molecule has 540 valence electrons. The molecule has 0 unspecified atom stereocenters. The van der Waals surface area contributed by atoms with Crippen molar-refractivity contribution in [1.29, 1.82) is 0 Å². The van der Waals surface area contributed by atoms with Gasteiger partial charge in [-0.05, 0) is 257 Å². The monoisotopic (exact) mass is 1450 g/mol. The molecule has 0 N–H and O–H groups in total. The van der Waals surface area contributed by atoms with Crippen LogP contribution in [-0.2, 0) is 0 Å². The first kappa shape index (κ1) is 70.0. The summed E-state index contributed by atoms with van der Waals surface area (Å²) in [6.45, 7) is 0. The van der Waals surface area contributed by atoms with Crippen LogP contribution in [0.5, 0.6) is 0 Å². The Morgan fingerprint density at radius 2 is 0.319 bits per heavy atom. The average Bonchev–Trinajstić information content (AvgIpc) is 0.786. The highest BCUT2D eigenvalue weighted by atomic mass is 15.2. The number of nitrogens with zero attached hydrogens (tertiary/aromatic N) is 6. The van der Waals surface area contributed by atoms with E-state index in [9.17, 15) is 0 Å². The average molecular weight is 1450 g/mol. The van der Waals surface area contributed by atoms with Crippen molar-refractivity contribution in [1.82, 2.24) is 0 Å². The van der Waals surface area contributed by atoms with E-state index in [4.69, 9.17) is 0 Å². The first-order valence-electron chi connectivity index (χ1n) is 38.6. The van der Waals surface area contributed by atoms with Gasteiger partial charge in [-0.15, -0.1) is 0 Å². The van der Waals surface area contributed by atoms with Crippen molar-refractivity contribution < 1.29 is 0 Å². The minimum Gasteiger partial charge on any atom is -0.345 e. The lowest BCUT2D eigenvalue weighted by Gasteiger charge is -2.27. The molecule has 6 nitrogen and oxygen atoms in total. The van der Waals surface area contributed by atoms with Gasteiger partial charge in [0.25, 0.3) is 0 Å². The lowest BCUT2D eigenvalue weighted by molar-refractivity contribution is 1.20. The van der Waals surface area contributed by atoms with Crippen LogP contribution in [0.2, 0.25) is 0 Å². The molecule has 20 aromatic carbocycles. The SMILES string of the molecule is CN(c1ccc(N(c2ccc3ccccc3c2)c2ccc3ccccc3c2)cc1)c1ccc2ccccc2c1.CN(c1ccc(N(c2ccc3ccccc3c2)c2ccc3ccccc3c2)cc1)c1cccc2ccccc12.CN(c1ccccc1)c1ccc(N(c2ccc3ccccc3c2)c2ccc3ccccc3c2)cc1. The highest BCUT2D eigenvalue weighted by Gasteiger charge is 2.20. The van der Waals surface area contributed by atoms with Crippen molar-refractivity contribution >= 4 is 171 Å². The second-order valence-corrected chi connectivity index (χ2v) is 28.8. The van der Waals surface area contributed by atoms with Gasteiger partial charge in [-0.1, -0.05) is 267 Å². The van der Waals surface area contributed by atoms with E-state index in [1.807, 2.05) is 6.07 Å². The summed E-state index contributed by atoms with van der Waals surface area (Å²) >= 11 is 0. The zero-order valence-corrected chi connectivity index (χ0v) is 63.3. The van der Waals surface area contributed by atoms with E-state index in [-0.39, 0.29) is 0 Å². The second kappa shape index (κ2) is 31.5. The summed E-state index contributed by atoms with van der Waals surface area (Å²) in [6.07, 6.45) is 0. The number of rotatable bonds is 15. The Hall–Kier alpha value is -14.7. The summed E-state index contributed by atoms with van der Waals surface area (Å²) < 4.78 is 0. The molecule has 6 heteroatoms. The molecule has 0 saturated carbocycles. The summed E-state index contributed by atoms with van der Waals surface area (Å²) in [6, 6.07) is 159. The van der Waals surface area contributed by atoms with Gasteiger partial charge in [0.1, 0.15) is 0 Å². The van der Waals surface area contributed by atoms with Crippen molar-refractivity contribution in [2.75, 3.05) is 50.5 Å². The lowest BCUT2D eigenvalue weighted by atomic mass is 10.1. The molecule has 0 atom stereocenters. The summed E-state index contributed by atoms with van der Waals surface area (Å²) in [5.41, 5.74) is 17.2. The number of benzene rings is 20. The van der Waals surface area contributed by atoms with Crippen molar-refractivity contribution in [3.63, 3.8) is 0 Å². The number of hydrogen-bond donors (Lipinski definition) is 0. The first-order valence-corrected chi connectivity index (χ1v) is 38.6. The third-order valence-corrected chi connectivity index (χ3v) is 21.8. The molecule has 0 aliphatic rings. The molecule has 0 aliphatic heterocycles. The van der Waals surface area contributed by atoms with E-state index in [0.717, 1.165) is 68.2 Å². The van der Waals surface area contributed by atoms with Gasteiger partial charge < -0.3 is 29.4 Å². The normalized spacial score (nSPS) is 11.1. The van der Waals surface area contributed by atoms with Gasteiger partial charge in [-0.2, -0.15) is 0 Å². The molecular formula is C107H82N6. The van der Waals surface area contributed by atoms with E-state index < -0.39 is 0 Å². The fourth-order valence-electron chi connectivity index (χ4n) is 15.7. The maximum atomic E-state index is 2.35. The van der Waals surface area contributed by atoms with Gasteiger partial charge in [0.15, 0.2) is 0 Å². The minimum atomic E-state index is 1.12. The van der Waals surface area contributed by atoms with Gasteiger partial charge in [0, 0.05) is 112 Å². The maximum absolute atomic E-state index is 2.35. The number of anilines is 15. The largest absolute Gasteiger partial charge is 0.345 e. The first-order chi connectivity index (χ1) is 55.7. The molecule has 0 aliphatic carbocycles. The summed E-state index contributed by atoms with van der Waals surface area (Å²) in [7, 11) is 6.37. The van der Waals surface area contributed by atoms with Crippen LogP contribution in [-0.4, -0.2) is 21.1 Å². The molecule has 20 aromatic rings. The molecule has 0 heterocycles. The zero-order valence-electron chi connectivity index (χ0n) is 63.3. The van der Waals surface area contributed by atoms with Gasteiger partial charge in [-0.25, -0.2) is 0 Å². The fourth-order valence-corrected chi connectivity index (χ4v) is 15.7. The molecule has 0 radical (unpaired) electrons. The Kier molecular flexibility index (Phi) is 19.5. The predicted molar refractivity (Wildman–Crippen MR) is 487 cm³/mol. The van der Waals surface area contributed by atoms with Crippen LogP contribution >= 0.6 is 0 Å². The second-order valence-electron chi connectivity index (χ2n) is 28.8. The van der Waals surface area contributed by atoms with Crippen molar-refractivity contribution in [3.05, 3.63) is 443 Å². The number of para-hydroxylation sites is 1. The molecule has 113 heavy (non-hydrogen) atoms. The van der Waals surface area contributed by atoms with E-state index in [1.165, 1.54) is 103 Å². The Labute approximate surface area is 660 Å².